The van der Waals surface area contributed by atoms with E-state index in [1.165, 1.54) is 18.6 Å². The van der Waals surface area contributed by atoms with Gasteiger partial charge >= 0.3 is 12.1 Å². The quantitative estimate of drug-likeness (QED) is 0.751. The first-order chi connectivity index (χ1) is 11.3. The van der Waals surface area contributed by atoms with Gasteiger partial charge in [-0.15, -0.1) is 0 Å². The molecule has 3 aromatic heterocycles. The Labute approximate surface area is 132 Å². The van der Waals surface area contributed by atoms with Gasteiger partial charge in [-0.05, 0) is 6.07 Å². The minimum atomic E-state index is -4.52. The third kappa shape index (κ3) is 3.24. The van der Waals surface area contributed by atoms with Crippen LogP contribution in [0.25, 0.3) is 10.9 Å². The van der Waals surface area contributed by atoms with E-state index in [0.29, 0.717) is 4.68 Å². The van der Waals surface area contributed by atoms with Gasteiger partial charge in [-0.2, -0.15) is 18.3 Å². The van der Waals surface area contributed by atoms with Gasteiger partial charge in [0.2, 0.25) is 0 Å². The second kappa shape index (κ2) is 5.76. The lowest BCUT2D eigenvalue weighted by molar-refractivity contribution is -0.141. The van der Waals surface area contributed by atoms with Crippen molar-refractivity contribution >= 4 is 28.5 Å². The number of carbonyl (C=O) groups is 1. The van der Waals surface area contributed by atoms with Crippen molar-refractivity contribution in [3.63, 3.8) is 0 Å². The van der Waals surface area contributed by atoms with Gasteiger partial charge in [-0.1, -0.05) is 0 Å². The van der Waals surface area contributed by atoms with Crippen LogP contribution in [0.3, 0.4) is 0 Å². The summed E-state index contributed by atoms with van der Waals surface area (Å²) >= 11 is 0. The first-order valence-electron chi connectivity index (χ1n) is 6.53. The average Bonchev–Trinajstić information content (AvgIpc) is 2.83. The van der Waals surface area contributed by atoms with Crippen LogP contribution in [0.2, 0.25) is 0 Å². The second-order valence-corrected chi connectivity index (χ2v) is 4.73. The fourth-order valence-electron chi connectivity index (χ4n) is 2.05. The summed E-state index contributed by atoms with van der Waals surface area (Å²) in [6, 6.07) is 1.04. The molecule has 0 saturated heterocycles. The van der Waals surface area contributed by atoms with Crippen molar-refractivity contribution in [1.82, 2.24) is 24.7 Å². The van der Waals surface area contributed by atoms with E-state index in [2.05, 4.69) is 25.4 Å². The molecule has 0 fully saturated rings. The Bertz CT molecular complexity index is 894. The van der Waals surface area contributed by atoms with Crippen LogP contribution in [-0.2, 0) is 6.54 Å². The van der Waals surface area contributed by atoms with Crippen molar-refractivity contribution in [2.75, 3.05) is 5.32 Å². The summed E-state index contributed by atoms with van der Waals surface area (Å²) in [5, 5.41) is 15.8. The van der Waals surface area contributed by atoms with Gasteiger partial charge in [0.1, 0.15) is 18.1 Å². The summed E-state index contributed by atoms with van der Waals surface area (Å²) in [6.07, 6.45) is 0.838. The van der Waals surface area contributed by atoms with E-state index in [4.69, 9.17) is 5.11 Å². The zero-order chi connectivity index (χ0) is 17.3. The Balaban J connectivity index is 2.10. The lowest BCUT2D eigenvalue weighted by Crippen LogP contribution is -2.18. The molecule has 3 heterocycles. The van der Waals surface area contributed by atoms with Gasteiger partial charge in [-0.25, -0.2) is 14.8 Å². The Hall–Kier alpha value is -3.24. The van der Waals surface area contributed by atoms with Gasteiger partial charge in [0.25, 0.3) is 0 Å². The van der Waals surface area contributed by atoms with Crippen LogP contribution >= 0.6 is 0 Å². The molecule has 8 nitrogen and oxygen atoms in total. The standard InChI is InChI=1S/C13H9F3N6O2/c14-13(15,16)6-22-9-3-8(12(23)24)19-4-7(9)11(21-22)20-10-5-17-1-2-18-10/h1-5H,6H2,(H,23,24)(H,18,20,21). The fraction of sp³-hybridized carbons (Fsp3) is 0.154. The minimum absolute atomic E-state index is 0.00823. The number of carboxylic acid groups (broad SMARTS) is 1. The van der Waals surface area contributed by atoms with Crippen molar-refractivity contribution in [3.8, 4) is 0 Å². The first-order valence-corrected chi connectivity index (χ1v) is 6.53. The number of pyridine rings is 1. The fourth-order valence-corrected chi connectivity index (χ4v) is 2.05. The van der Waals surface area contributed by atoms with E-state index in [1.807, 2.05) is 0 Å². The van der Waals surface area contributed by atoms with Gasteiger partial charge in [-0.3, -0.25) is 9.67 Å². The monoisotopic (exact) mass is 338 g/mol. The van der Waals surface area contributed by atoms with Crippen LogP contribution in [0.4, 0.5) is 24.8 Å². The number of fused-ring (bicyclic) bond motifs is 1. The number of aromatic carboxylic acids is 1. The van der Waals surface area contributed by atoms with E-state index in [1.54, 1.807) is 0 Å². The van der Waals surface area contributed by atoms with Crippen molar-refractivity contribution in [2.45, 2.75) is 12.7 Å². The summed E-state index contributed by atoms with van der Waals surface area (Å²) in [6.45, 7) is -1.37. The molecule has 0 saturated carbocycles. The summed E-state index contributed by atoms with van der Waals surface area (Å²) in [5.74, 6) is -1.00. The van der Waals surface area contributed by atoms with Gasteiger partial charge in [0.15, 0.2) is 5.82 Å². The summed E-state index contributed by atoms with van der Waals surface area (Å²) in [5.41, 5.74) is -0.386. The molecule has 0 bridgehead atoms. The maximum Gasteiger partial charge on any atom is 0.408 e. The minimum Gasteiger partial charge on any atom is -0.477 e. The average molecular weight is 338 g/mol. The third-order valence-corrected chi connectivity index (χ3v) is 2.99. The Morgan fingerprint density at radius 2 is 2.04 bits per heavy atom. The molecular formula is C13H9F3N6O2. The summed E-state index contributed by atoms with van der Waals surface area (Å²) < 4.78 is 38.9. The number of hydrogen-bond donors (Lipinski definition) is 2. The lowest BCUT2D eigenvalue weighted by Gasteiger charge is -2.07. The number of aromatic nitrogens is 5. The van der Waals surface area contributed by atoms with Crippen LogP contribution in [0.15, 0.2) is 30.9 Å². The third-order valence-electron chi connectivity index (χ3n) is 2.99. The number of nitrogens with one attached hydrogen (secondary N) is 1. The molecule has 0 aliphatic rings. The normalized spacial score (nSPS) is 11.6. The number of rotatable bonds is 4. The predicted octanol–water partition coefficient (Wildman–Crippen LogP) is 2.23. The van der Waals surface area contributed by atoms with E-state index in [-0.39, 0.29) is 28.2 Å². The molecular weight excluding hydrogens is 329 g/mol. The molecule has 0 aromatic carbocycles. The van der Waals surface area contributed by atoms with Crippen molar-refractivity contribution in [2.24, 2.45) is 0 Å². The molecule has 124 valence electrons. The van der Waals surface area contributed by atoms with Crippen molar-refractivity contribution in [3.05, 3.63) is 36.5 Å². The summed E-state index contributed by atoms with van der Waals surface area (Å²) in [4.78, 5) is 22.5. The molecule has 3 aromatic rings. The molecule has 0 atom stereocenters. The number of halogens is 3. The number of hydrogen-bond acceptors (Lipinski definition) is 6. The highest BCUT2D eigenvalue weighted by atomic mass is 19.4. The van der Waals surface area contributed by atoms with Gasteiger partial charge in [0.05, 0.1) is 17.1 Å². The highest BCUT2D eigenvalue weighted by Crippen LogP contribution is 2.28. The van der Waals surface area contributed by atoms with Crippen LogP contribution < -0.4 is 5.32 Å². The van der Waals surface area contributed by atoms with Crippen LogP contribution in [-0.4, -0.2) is 42.0 Å². The highest BCUT2D eigenvalue weighted by Gasteiger charge is 2.30. The summed E-state index contributed by atoms with van der Waals surface area (Å²) in [7, 11) is 0. The van der Waals surface area contributed by atoms with E-state index in [0.717, 1.165) is 12.3 Å². The van der Waals surface area contributed by atoms with Crippen LogP contribution in [0.5, 0.6) is 0 Å². The largest absolute Gasteiger partial charge is 0.477 e. The smallest absolute Gasteiger partial charge is 0.408 e. The molecule has 0 unspecified atom stereocenters. The van der Waals surface area contributed by atoms with E-state index in [9.17, 15) is 18.0 Å². The number of carboxylic acids is 1. The van der Waals surface area contributed by atoms with Crippen LogP contribution in [0, 0.1) is 0 Å². The van der Waals surface area contributed by atoms with E-state index >= 15 is 0 Å². The number of anilines is 2. The van der Waals surface area contributed by atoms with Crippen molar-refractivity contribution in [1.29, 1.82) is 0 Å². The molecule has 0 aliphatic heterocycles. The predicted molar refractivity (Wildman–Crippen MR) is 75.9 cm³/mol. The number of alkyl halides is 3. The highest BCUT2D eigenvalue weighted by molar-refractivity contribution is 5.95. The second-order valence-electron chi connectivity index (χ2n) is 4.73. The molecule has 3 rings (SSSR count). The maximum absolute atomic E-state index is 12.7. The van der Waals surface area contributed by atoms with Crippen LogP contribution in [0.1, 0.15) is 10.5 Å². The Morgan fingerprint density at radius 1 is 1.25 bits per heavy atom. The molecule has 2 N–H and O–H groups in total. The molecule has 11 heteroatoms. The SMILES string of the molecule is O=C(O)c1cc2c(cn1)c(Nc1cnccn1)nn2CC(F)(F)F. The zero-order valence-electron chi connectivity index (χ0n) is 11.8. The van der Waals surface area contributed by atoms with Crippen molar-refractivity contribution < 1.29 is 23.1 Å². The zero-order valence-corrected chi connectivity index (χ0v) is 11.8. The maximum atomic E-state index is 12.7. The first kappa shape index (κ1) is 15.6. The molecule has 0 spiro atoms. The van der Waals surface area contributed by atoms with E-state index < -0.39 is 18.7 Å². The molecule has 0 amide bonds. The Kier molecular flexibility index (Phi) is 3.75. The molecule has 24 heavy (non-hydrogen) atoms. The molecule has 0 aliphatic carbocycles. The van der Waals surface area contributed by atoms with Gasteiger partial charge < -0.3 is 10.4 Å². The lowest BCUT2D eigenvalue weighted by atomic mass is 10.2. The Morgan fingerprint density at radius 3 is 2.67 bits per heavy atom. The van der Waals surface area contributed by atoms with Gasteiger partial charge in [0, 0.05) is 18.6 Å². The topological polar surface area (TPSA) is 106 Å². The number of nitrogens with zero attached hydrogens (tertiary/aromatic N) is 5. The molecule has 0 radical (unpaired) electrons.